The van der Waals surface area contributed by atoms with Crippen LogP contribution in [0.3, 0.4) is 0 Å². The first-order chi connectivity index (χ1) is 15.8. The predicted molar refractivity (Wildman–Crippen MR) is 119 cm³/mol. The van der Waals surface area contributed by atoms with Crippen molar-refractivity contribution in [1.82, 2.24) is 0 Å². The van der Waals surface area contributed by atoms with Crippen LogP contribution >= 0.6 is 0 Å². The molecule has 1 amide bonds. The van der Waals surface area contributed by atoms with Crippen molar-refractivity contribution in [2.24, 2.45) is 0 Å². The van der Waals surface area contributed by atoms with Gasteiger partial charge < -0.3 is 19.7 Å². The second-order valence-corrected chi connectivity index (χ2v) is 7.31. The quantitative estimate of drug-likeness (QED) is 0.345. The number of anilines is 1. The van der Waals surface area contributed by atoms with Crippen LogP contribution < -0.4 is 14.4 Å². The highest BCUT2D eigenvalue weighted by Gasteiger charge is 2.47. The van der Waals surface area contributed by atoms with Gasteiger partial charge in [0.25, 0.3) is 11.7 Å². The van der Waals surface area contributed by atoms with Gasteiger partial charge in [-0.2, -0.15) is 0 Å². The fraction of sp³-hybridized carbons (Fsp3) is 0.120. The number of rotatable bonds is 5. The maximum Gasteiger partial charge on any atom is 0.300 e. The molecule has 1 unspecified atom stereocenters. The zero-order valence-electron chi connectivity index (χ0n) is 17.8. The van der Waals surface area contributed by atoms with Crippen LogP contribution in [0, 0.1) is 5.82 Å². The Hall–Kier alpha value is -4.33. The number of carbonyl (C=O) groups excluding carboxylic acids is 2. The number of benzene rings is 3. The number of phenolic OH excluding ortho intramolecular Hbond substituents is 1. The summed E-state index contributed by atoms with van der Waals surface area (Å²) in [5.41, 5.74) is 0.368. The Morgan fingerprint density at radius 3 is 2.42 bits per heavy atom. The van der Waals surface area contributed by atoms with Crippen LogP contribution in [0.2, 0.25) is 0 Å². The number of phenols is 1. The third-order valence-electron chi connectivity index (χ3n) is 5.38. The summed E-state index contributed by atoms with van der Waals surface area (Å²) in [7, 11) is 2.81. The molecule has 3 aromatic rings. The Morgan fingerprint density at radius 2 is 1.73 bits per heavy atom. The first-order valence-electron chi connectivity index (χ1n) is 9.93. The van der Waals surface area contributed by atoms with Gasteiger partial charge in [0.15, 0.2) is 0 Å². The number of hydrogen-bond donors (Lipinski definition) is 2. The molecule has 168 valence electrons. The van der Waals surface area contributed by atoms with Crippen molar-refractivity contribution in [3.05, 3.63) is 89.2 Å². The molecule has 4 rings (SSSR count). The summed E-state index contributed by atoms with van der Waals surface area (Å²) in [6, 6.07) is 14.9. The Balaban J connectivity index is 2.00. The van der Waals surface area contributed by atoms with E-state index in [0.29, 0.717) is 17.0 Å². The molecule has 1 aliphatic rings. The second kappa shape index (κ2) is 8.66. The highest BCUT2D eigenvalue weighted by molar-refractivity contribution is 6.51. The lowest BCUT2D eigenvalue weighted by Gasteiger charge is -2.26. The number of ether oxygens (including phenoxy) is 2. The number of ketones is 1. The third-order valence-corrected chi connectivity index (χ3v) is 5.38. The molecule has 0 bridgehead atoms. The molecule has 0 aliphatic carbocycles. The lowest BCUT2D eigenvalue weighted by Crippen LogP contribution is -2.29. The molecule has 1 saturated heterocycles. The molecule has 1 atom stereocenters. The van der Waals surface area contributed by atoms with Crippen LogP contribution in [0.25, 0.3) is 5.76 Å². The molecule has 3 aromatic carbocycles. The van der Waals surface area contributed by atoms with E-state index in [0.717, 1.165) is 12.1 Å². The Morgan fingerprint density at radius 1 is 0.970 bits per heavy atom. The van der Waals surface area contributed by atoms with Crippen molar-refractivity contribution in [2.75, 3.05) is 19.1 Å². The molecule has 0 saturated carbocycles. The molecular weight excluding hydrogens is 429 g/mol. The average Bonchev–Trinajstić information content (AvgIpc) is 3.09. The van der Waals surface area contributed by atoms with Crippen LogP contribution in [-0.4, -0.2) is 36.1 Å². The van der Waals surface area contributed by atoms with Gasteiger partial charge in [-0.3, -0.25) is 14.5 Å². The summed E-state index contributed by atoms with van der Waals surface area (Å²) in [4.78, 5) is 27.5. The van der Waals surface area contributed by atoms with Crippen LogP contribution in [0.1, 0.15) is 17.2 Å². The van der Waals surface area contributed by atoms with Gasteiger partial charge in [-0.05, 0) is 48.0 Å². The molecule has 0 radical (unpaired) electrons. The van der Waals surface area contributed by atoms with E-state index < -0.39 is 29.3 Å². The third kappa shape index (κ3) is 3.87. The molecular formula is C25H20FNO6. The van der Waals surface area contributed by atoms with Crippen LogP contribution in [0.15, 0.2) is 72.3 Å². The molecule has 0 spiro atoms. The minimum Gasteiger partial charge on any atom is -0.508 e. The molecule has 1 aliphatic heterocycles. The lowest BCUT2D eigenvalue weighted by molar-refractivity contribution is -0.132. The average molecular weight is 449 g/mol. The number of aliphatic hydroxyl groups is 1. The number of halogens is 1. The lowest BCUT2D eigenvalue weighted by atomic mass is 9.94. The fourth-order valence-electron chi connectivity index (χ4n) is 3.88. The SMILES string of the molecule is COc1cccc(N2C(=O)C(=O)/C(=C(/O)c3cc(F)ccc3OC)C2c2cccc(O)c2)c1. The first-order valence-corrected chi connectivity index (χ1v) is 9.93. The number of methoxy groups -OCH3 is 2. The van der Waals surface area contributed by atoms with E-state index in [4.69, 9.17) is 9.47 Å². The Labute approximate surface area is 188 Å². The van der Waals surface area contributed by atoms with Crippen molar-refractivity contribution in [3.63, 3.8) is 0 Å². The van der Waals surface area contributed by atoms with Crippen molar-refractivity contribution in [1.29, 1.82) is 0 Å². The van der Waals surface area contributed by atoms with Gasteiger partial charge in [-0.1, -0.05) is 18.2 Å². The van der Waals surface area contributed by atoms with Gasteiger partial charge in [0.05, 0.1) is 31.4 Å². The standard InChI is InChI=1S/C25H20FNO6/c1-32-18-8-4-6-16(13-18)27-22(14-5-3-7-17(28)11-14)21(24(30)25(27)31)23(29)19-12-15(26)9-10-20(19)33-2/h3-13,22,28-29H,1-2H3/b23-21+. The maximum absolute atomic E-state index is 14.0. The Bertz CT molecular complexity index is 1290. The van der Waals surface area contributed by atoms with Crippen molar-refractivity contribution in [2.45, 2.75) is 6.04 Å². The first kappa shape index (κ1) is 21.9. The monoisotopic (exact) mass is 449 g/mol. The molecule has 33 heavy (non-hydrogen) atoms. The van der Waals surface area contributed by atoms with Gasteiger partial charge in [0.1, 0.15) is 28.8 Å². The number of Topliss-reactive ketones (excluding diaryl/α,β-unsaturated/α-hetero) is 1. The highest BCUT2D eigenvalue weighted by Crippen LogP contribution is 2.44. The molecule has 1 heterocycles. The van der Waals surface area contributed by atoms with E-state index in [1.54, 1.807) is 36.4 Å². The summed E-state index contributed by atoms with van der Waals surface area (Å²) in [5.74, 6) is -2.63. The Kier molecular flexibility index (Phi) is 5.74. The molecule has 7 nitrogen and oxygen atoms in total. The number of hydrogen-bond acceptors (Lipinski definition) is 6. The zero-order valence-corrected chi connectivity index (χ0v) is 17.8. The van der Waals surface area contributed by atoms with Gasteiger partial charge in [0, 0.05) is 11.8 Å². The van der Waals surface area contributed by atoms with E-state index >= 15 is 0 Å². The topological polar surface area (TPSA) is 96.3 Å². The van der Waals surface area contributed by atoms with Crippen molar-refractivity contribution in [3.8, 4) is 17.2 Å². The minimum absolute atomic E-state index is 0.0775. The zero-order chi connectivity index (χ0) is 23.7. The number of amides is 1. The number of aromatic hydroxyl groups is 1. The van der Waals surface area contributed by atoms with Crippen molar-refractivity contribution < 1.29 is 33.7 Å². The normalized spacial score (nSPS) is 17.3. The second-order valence-electron chi connectivity index (χ2n) is 7.31. The smallest absolute Gasteiger partial charge is 0.300 e. The largest absolute Gasteiger partial charge is 0.508 e. The highest BCUT2D eigenvalue weighted by atomic mass is 19.1. The summed E-state index contributed by atoms with van der Waals surface area (Å²) < 4.78 is 24.5. The predicted octanol–water partition coefficient (Wildman–Crippen LogP) is 4.17. The molecule has 0 aromatic heterocycles. The van der Waals surface area contributed by atoms with E-state index in [2.05, 4.69) is 0 Å². The number of carbonyl (C=O) groups is 2. The summed E-state index contributed by atoms with van der Waals surface area (Å²) in [6.45, 7) is 0. The van der Waals surface area contributed by atoms with E-state index in [9.17, 15) is 24.2 Å². The molecule has 2 N–H and O–H groups in total. The van der Waals surface area contributed by atoms with Gasteiger partial charge >= 0.3 is 0 Å². The number of nitrogens with zero attached hydrogens (tertiary/aromatic N) is 1. The number of aliphatic hydroxyl groups excluding tert-OH is 1. The van der Waals surface area contributed by atoms with Crippen LogP contribution in [0.5, 0.6) is 17.2 Å². The summed E-state index contributed by atoms with van der Waals surface area (Å²) >= 11 is 0. The maximum atomic E-state index is 14.0. The molecule has 1 fully saturated rings. The van der Waals surface area contributed by atoms with Crippen LogP contribution in [-0.2, 0) is 9.59 Å². The minimum atomic E-state index is -1.10. The van der Waals surface area contributed by atoms with E-state index in [1.165, 1.54) is 37.3 Å². The van der Waals surface area contributed by atoms with E-state index in [1.807, 2.05) is 0 Å². The van der Waals surface area contributed by atoms with Gasteiger partial charge in [-0.15, -0.1) is 0 Å². The van der Waals surface area contributed by atoms with E-state index in [-0.39, 0.29) is 22.6 Å². The summed E-state index contributed by atoms with van der Waals surface area (Å²) in [6.07, 6.45) is 0. The van der Waals surface area contributed by atoms with Gasteiger partial charge in [-0.25, -0.2) is 4.39 Å². The molecule has 8 heteroatoms. The fourth-order valence-corrected chi connectivity index (χ4v) is 3.88. The summed E-state index contributed by atoms with van der Waals surface area (Å²) in [5, 5.41) is 21.2. The van der Waals surface area contributed by atoms with Crippen LogP contribution in [0.4, 0.5) is 10.1 Å². The van der Waals surface area contributed by atoms with Crippen molar-refractivity contribution >= 4 is 23.1 Å². The van der Waals surface area contributed by atoms with Gasteiger partial charge in [0.2, 0.25) is 0 Å².